The van der Waals surface area contributed by atoms with E-state index in [0.717, 1.165) is 30.8 Å². The lowest BCUT2D eigenvalue weighted by atomic mass is 10.1. The predicted octanol–water partition coefficient (Wildman–Crippen LogP) is 2.25. The van der Waals surface area contributed by atoms with Crippen LogP contribution in [0.25, 0.3) is 11.3 Å². The Morgan fingerprint density at radius 1 is 1.50 bits per heavy atom. The fraction of sp³-hybridized carbons (Fsp3) is 0.500. The summed E-state index contributed by atoms with van der Waals surface area (Å²) < 4.78 is 7.59. The van der Waals surface area contributed by atoms with Gasteiger partial charge in [-0.2, -0.15) is 11.3 Å². The minimum atomic E-state index is 0.0278. The van der Waals surface area contributed by atoms with Crippen molar-refractivity contribution in [3.8, 4) is 11.3 Å². The molecule has 5 nitrogen and oxygen atoms in total. The summed E-state index contributed by atoms with van der Waals surface area (Å²) in [6.07, 6.45) is 4.82. The Bertz CT molecular complexity index is 659. The molecule has 116 valence electrons. The van der Waals surface area contributed by atoms with Crippen LogP contribution in [0.15, 0.2) is 23.0 Å². The van der Waals surface area contributed by atoms with E-state index in [9.17, 15) is 4.79 Å². The summed E-state index contributed by atoms with van der Waals surface area (Å²) in [5.74, 6) is 1.29. The van der Waals surface area contributed by atoms with Gasteiger partial charge in [-0.3, -0.25) is 4.79 Å². The second-order valence-corrected chi connectivity index (χ2v) is 6.72. The zero-order chi connectivity index (χ0) is 14.9. The van der Waals surface area contributed by atoms with E-state index in [2.05, 4.69) is 31.7 Å². The van der Waals surface area contributed by atoms with Crippen LogP contribution in [0, 0.1) is 5.92 Å². The predicted molar refractivity (Wildman–Crippen MR) is 84.8 cm³/mol. The maximum absolute atomic E-state index is 12.2. The molecular formula is C16H19N3O2S. The van der Waals surface area contributed by atoms with Gasteiger partial charge in [-0.15, -0.1) is 0 Å². The molecule has 0 spiro atoms. The summed E-state index contributed by atoms with van der Waals surface area (Å²) in [5, 5.41) is 7.34. The van der Waals surface area contributed by atoms with E-state index >= 15 is 0 Å². The highest BCUT2D eigenvalue weighted by Gasteiger charge is 2.28. The first-order chi connectivity index (χ1) is 10.8. The van der Waals surface area contributed by atoms with Crippen molar-refractivity contribution in [1.82, 2.24) is 14.9 Å². The van der Waals surface area contributed by atoms with Crippen LogP contribution >= 0.6 is 11.3 Å². The Hall–Kier alpha value is -1.66. The average molecular weight is 317 g/mol. The lowest BCUT2D eigenvalue weighted by Gasteiger charge is -2.18. The molecule has 0 radical (unpaired) electrons. The Morgan fingerprint density at radius 3 is 3.23 bits per heavy atom. The third-order valence-electron chi connectivity index (χ3n) is 4.57. The van der Waals surface area contributed by atoms with Crippen LogP contribution in [0.2, 0.25) is 0 Å². The SMILES string of the molecule is O=C(NCC1CCc2ncc(-c3ccsc3)n21)C1CCOC1. The Balaban J connectivity index is 1.47. The van der Waals surface area contributed by atoms with Gasteiger partial charge in [0.15, 0.2) is 0 Å². The van der Waals surface area contributed by atoms with Crippen LogP contribution < -0.4 is 5.32 Å². The maximum Gasteiger partial charge on any atom is 0.225 e. The second-order valence-electron chi connectivity index (χ2n) is 5.94. The minimum absolute atomic E-state index is 0.0278. The molecule has 2 unspecified atom stereocenters. The first-order valence-electron chi connectivity index (χ1n) is 7.77. The number of fused-ring (bicyclic) bond motifs is 1. The van der Waals surface area contributed by atoms with Gasteiger partial charge in [0.2, 0.25) is 5.91 Å². The molecule has 1 N–H and O–H groups in total. The van der Waals surface area contributed by atoms with Crippen molar-refractivity contribution in [2.24, 2.45) is 5.92 Å². The van der Waals surface area contributed by atoms with Crippen molar-refractivity contribution < 1.29 is 9.53 Å². The summed E-state index contributed by atoms with van der Waals surface area (Å²) in [5.41, 5.74) is 2.38. The van der Waals surface area contributed by atoms with Crippen molar-refractivity contribution >= 4 is 17.2 Å². The zero-order valence-corrected chi connectivity index (χ0v) is 13.1. The van der Waals surface area contributed by atoms with E-state index in [1.807, 2.05) is 6.20 Å². The number of rotatable bonds is 4. The number of ether oxygens (including phenoxy) is 1. The summed E-state index contributed by atoms with van der Waals surface area (Å²) in [6, 6.07) is 2.43. The van der Waals surface area contributed by atoms with E-state index in [0.29, 0.717) is 25.8 Å². The van der Waals surface area contributed by atoms with Gasteiger partial charge < -0.3 is 14.6 Å². The largest absolute Gasteiger partial charge is 0.381 e. The number of amides is 1. The van der Waals surface area contributed by atoms with E-state index in [1.165, 1.54) is 5.56 Å². The number of aryl methyl sites for hydroxylation is 1. The monoisotopic (exact) mass is 317 g/mol. The normalized spacial score (nSPS) is 23.6. The molecule has 2 atom stereocenters. The van der Waals surface area contributed by atoms with Gasteiger partial charge in [-0.1, -0.05) is 0 Å². The summed E-state index contributed by atoms with van der Waals surface area (Å²) in [4.78, 5) is 16.7. The first kappa shape index (κ1) is 14.0. The van der Waals surface area contributed by atoms with Crippen LogP contribution in [0.3, 0.4) is 0 Å². The molecule has 2 aromatic rings. The highest BCUT2D eigenvalue weighted by Crippen LogP contribution is 2.33. The van der Waals surface area contributed by atoms with Gasteiger partial charge in [-0.25, -0.2) is 4.98 Å². The van der Waals surface area contributed by atoms with Gasteiger partial charge in [0.1, 0.15) is 5.82 Å². The second kappa shape index (κ2) is 5.85. The molecule has 0 aliphatic carbocycles. The molecule has 1 fully saturated rings. The van der Waals surface area contributed by atoms with Crippen molar-refractivity contribution in [3.05, 3.63) is 28.8 Å². The number of hydrogen-bond donors (Lipinski definition) is 1. The molecule has 2 aromatic heterocycles. The fourth-order valence-corrected chi connectivity index (χ4v) is 3.99. The average Bonchev–Trinajstić information content (AvgIpc) is 3.28. The number of thiophene rings is 1. The summed E-state index contributed by atoms with van der Waals surface area (Å²) in [7, 11) is 0. The van der Waals surface area contributed by atoms with Gasteiger partial charge >= 0.3 is 0 Å². The molecular weight excluding hydrogens is 298 g/mol. The van der Waals surface area contributed by atoms with Gasteiger partial charge in [0, 0.05) is 30.5 Å². The third kappa shape index (κ3) is 2.46. The molecule has 4 heterocycles. The molecule has 4 rings (SSSR count). The zero-order valence-electron chi connectivity index (χ0n) is 12.3. The molecule has 2 aliphatic heterocycles. The Labute approximate surface area is 133 Å². The van der Waals surface area contributed by atoms with E-state index in [-0.39, 0.29) is 11.8 Å². The topological polar surface area (TPSA) is 56.2 Å². The van der Waals surface area contributed by atoms with Gasteiger partial charge in [0.25, 0.3) is 0 Å². The number of hydrogen-bond acceptors (Lipinski definition) is 4. The molecule has 2 aliphatic rings. The van der Waals surface area contributed by atoms with Gasteiger partial charge in [0.05, 0.1) is 30.5 Å². The van der Waals surface area contributed by atoms with Crippen LogP contribution in [-0.2, 0) is 16.0 Å². The number of carbonyl (C=O) groups is 1. The van der Waals surface area contributed by atoms with Crippen LogP contribution in [0.1, 0.15) is 24.7 Å². The molecule has 0 aromatic carbocycles. The molecule has 0 saturated carbocycles. The summed E-state index contributed by atoms with van der Waals surface area (Å²) in [6.45, 7) is 1.94. The Morgan fingerprint density at radius 2 is 2.45 bits per heavy atom. The van der Waals surface area contributed by atoms with Crippen molar-refractivity contribution in [2.45, 2.75) is 25.3 Å². The van der Waals surface area contributed by atoms with Crippen molar-refractivity contribution in [1.29, 1.82) is 0 Å². The smallest absolute Gasteiger partial charge is 0.225 e. The lowest BCUT2D eigenvalue weighted by Crippen LogP contribution is -2.34. The lowest BCUT2D eigenvalue weighted by molar-refractivity contribution is -0.125. The van der Waals surface area contributed by atoms with Crippen LogP contribution in [0.4, 0.5) is 0 Å². The number of imidazole rings is 1. The minimum Gasteiger partial charge on any atom is -0.381 e. The third-order valence-corrected chi connectivity index (χ3v) is 5.25. The first-order valence-corrected chi connectivity index (χ1v) is 8.71. The molecule has 1 amide bonds. The number of nitrogens with zero attached hydrogens (tertiary/aromatic N) is 2. The maximum atomic E-state index is 12.2. The standard InChI is InChI=1S/C16H19N3O2S/c20-16(11-3-5-21-9-11)18-7-13-1-2-15-17-8-14(19(13)15)12-4-6-22-10-12/h4,6,8,10-11,13H,1-3,5,7,9H2,(H,18,20). The quantitative estimate of drug-likeness (QED) is 0.941. The highest BCUT2D eigenvalue weighted by atomic mass is 32.1. The number of carbonyl (C=O) groups excluding carboxylic acids is 1. The van der Waals surface area contributed by atoms with Gasteiger partial charge in [-0.05, 0) is 24.3 Å². The molecule has 22 heavy (non-hydrogen) atoms. The van der Waals surface area contributed by atoms with E-state index in [1.54, 1.807) is 11.3 Å². The van der Waals surface area contributed by atoms with E-state index < -0.39 is 0 Å². The number of nitrogens with one attached hydrogen (secondary N) is 1. The van der Waals surface area contributed by atoms with E-state index in [4.69, 9.17) is 4.74 Å². The highest BCUT2D eigenvalue weighted by molar-refractivity contribution is 7.08. The van der Waals surface area contributed by atoms with Crippen molar-refractivity contribution in [3.63, 3.8) is 0 Å². The summed E-state index contributed by atoms with van der Waals surface area (Å²) >= 11 is 1.69. The van der Waals surface area contributed by atoms with Crippen LogP contribution in [-0.4, -0.2) is 35.2 Å². The number of aromatic nitrogens is 2. The molecule has 1 saturated heterocycles. The van der Waals surface area contributed by atoms with Crippen molar-refractivity contribution in [2.75, 3.05) is 19.8 Å². The molecule has 6 heteroatoms. The molecule has 0 bridgehead atoms. The fourth-order valence-electron chi connectivity index (χ4n) is 3.34. The Kier molecular flexibility index (Phi) is 3.72. The van der Waals surface area contributed by atoms with Crippen LogP contribution in [0.5, 0.6) is 0 Å².